The van der Waals surface area contributed by atoms with Crippen molar-refractivity contribution in [1.29, 1.82) is 5.41 Å². The van der Waals surface area contributed by atoms with Gasteiger partial charge in [0.1, 0.15) is 24.3 Å². The summed E-state index contributed by atoms with van der Waals surface area (Å²) in [5, 5.41) is 7.30. The van der Waals surface area contributed by atoms with Gasteiger partial charge in [-0.25, -0.2) is 0 Å². The van der Waals surface area contributed by atoms with E-state index in [9.17, 15) is 0 Å². The Morgan fingerprint density at radius 2 is 2.22 bits per heavy atom. The van der Waals surface area contributed by atoms with Crippen molar-refractivity contribution in [1.82, 2.24) is 4.90 Å². The summed E-state index contributed by atoms with van der Waals surface area (Å²) >= 11 is 0. The Balaban J connectivity index is 1.84. The molecule has 5 heteroatoms. The Bertz CT molecular complexity index is 405. The van der Waals surface area contributed by atoms with E-state index in [1.165, 1.54) is 0 Å². The first-order valence-corrected chi connectivity index (χ1v) is 6.02. The molecule has 3 N–H and O–H groups in total. The molecule has 0 amide bonds. The lowest BCUT2D eigenvalue weighted by Crippen LogP contribution is -2.42. The highest BCUT2D eigenvalue weighted by Gasteiger charge is 2.18. The van der Waals surface area contributed by atoms with Crippen LogP contribution in [0.4, 0.5) is 0 Å². The first-order chi connectivity index (χ1) is 8.65. The molecule has 1 aliphatic rings. The molecular formula is C13H19N3O2. The Morgan fingerprint density at radius 1 is 1.50 bits per heavy atom. The molecule has 0 aromatic heterocycles. The van der Waals surface area contributed by atoms with Crippen molar-refractivity contribution in [3.05, 3.63) is 29.8 Å². The van der Waals surface area contributed by atoms with E-state index in [1.807, 2.05) is 12.1 Å². The van der Waals surface area contributed by atoms with Gasteiger partial charge in [0.25, 0.3) is 0 Å². The molecule has 1 aliphatic heterocycles. The van der Waals surface area contributed by atoms with Crippen LogP contribution in [0.1, 0.15) is 5.56 Å². The number of hydrogen-bond donors (Lipinski definition) is 2. The van der Waals surface area contributed by atoms with Gasteiger partial charge in [0.05, 0.1) is 6.61 Å². The average molecular weight is 249 g/mol. The highest BCUT2D eigenvalue weighted by Crippen LogP contribution is 2.13. The molecule has 1 saturated heterocycles. The van der Waals surface area contributed by atoms with Crippen molar-refractivity contribution >= 4 is 5.84 Å². The fourth-order valence-corrected chi connectivity index (χ4v) is 1.89. The second-order valence-electron chi connectivity index (χ2n) is 4.50. The molecule has 0 saturated carbocycles. The molecule has 0 radical (unpaired) electrons. The van der Waals surface area contributed by atoms with E-state index in [-0.39, 0.29) is 11.9 Å². The molecule has 1 atom stereocenters. The number of nitrogens with zero attached hydrogens (tertiary/aromatic N) is 1. The van der Waals surface area contributed by atoms with E-state index in [2.05, 4.69) is 11.9 Å². The van der Waals surface area contributed by atoms with Crippen LogP contribution < -0.4 is 10.5 Å². The Labute approximate surface area is 107 Å². The van der Waals surface area contributed by atoms with E-state index in [4.69, 9.17) is 20.6 Å². The van der Waals surface area contributed by atoms with Gasteiger partial charge in [-0.15, -0.1) is 0 Å². The fourth-order valence-electron chi connectivity index (χ4n) is 1.89. The minimum absolute atomic E-state index is 0.0683. The predicted octanol–water partition coefficient (Wildman–Crippen LogP) is 0.680. The third kappa shape index (κ3) is 3.45. The minimum Gasteiger partial charge on any atom is -0.491 e. The maximum absolute atomic E-state index is 7.30. The minimum atomic E-state index is 0.0683. The van der Waals surface area contributed by atoms with Crippen LogP contribution in [0, 0.1) is 5.41 Å². The van der Waals surface area contributed by atoms with E-state index >= 15 is 0 Å². The summed E-state index contributed by atoms with van der Waals surface area (Å²) in [4.78, 5) is 2.23. The van der Waals surface area contributed by atoms with Gasteiger partial charge >= 0.3 is 0 Å². The molecule has 98 valence electrons. The highest BCUT2D eigenvalue weighted by atomic mass is 16.5. The second-order valence-corrected chi connectivity index (χ2v) is 4.50. The van der Waals surface area contributed by atoms with Gasteiger partial charge in [0.15, 0.2) is 0 Å². The molecule has 2 rings (SSSR count). The number of ether oxygens (including phenoxy) is 2. The summed E-state index contributed by atoms with van der Waals surface area (Å²) in [6, 6.07) is 7.21. The van der Waals surface area contributed by atoms with Gasteiger partial charge in [0, 0.05) is 18.7 Å². The average Bonchev–Trinajstić information content (AvgIpc) is 2.37. The molecule has 0 aliphatic carbocycles. The van der Waals surface area contributed by atoms with Crippen LogP contribution in [0.25, 0.3) is 0 Å². The van der Waals surface area contributed by atoms with Crippen molar-refractivity contribution in [3.8, 4) is 5.75 Å². The van der Waals surface area contributed by atoms with Crippen LogP contribution in [0.3, 0.4) is 0 Å². The van der Waals surface area contributed by atoms with Gasteiger partial charge in [-0.2, -0.15) is 0 Å². The van der Waals surface area contributed by atoms with E-state index in [0.29, 0.717) is 12.2 Å². The lowest BCUT2D eigenvalue weighted by Gasteiger charge is -2.29. The van der Waals surface area contributed by atoms with Crippen LogP contribution in [0.2, 0.25) is 0 Å². The zero-order valence-corrected chi connectivity index (χ0v) is 10.6. The van der Waals surface area contributed by atoms with Crippen LogP contribution in [-0.2, 0) is 4.74 Å². The molecular weight excluding hydrogens is 230 g/mol. The number of likely N-dealkylation sites (N-methyl/N-ethyl adjacent to an activating group) is 1. The summed E-state index contributed by atoms with van der Waals surface area (Å²) in [5.41, 5.74) is 6.09. The summed E-state index contributed by atoms with van der Waals surface area (Å²) < 4.78 is 11.3. The number of benzene rings is 1. The second kappa shape index (κ2) is 5.84. The number of amidine groups is 1. The van der Waals surface area contributed by atoms with Gasteiger partial charge < -0.3 is 20.1 Å². The van der Waals surface area contributed by atoms with Gasteiger partial charge in [-0.3, -0.25) is 5.41 Å². The molecule has 1 aromatic rings. The first-order valence-electron chi connectivity index (χ1n) is 6.02. The SMILES string of the molecule is CN1CCOC(COc2ccc(C(=N)N)cc2)C1. The van der Waals surface area contributed by atoms with E-state index in [1.54, 1.807) is 12.1 Å². The van der Waals surface area contributed by atoms with Crippen LogP contribution in [0.15, 0.2) is 24.3 Å². The monoisotopic (exact) mass is 249 g/mol. The first kappa shape index (κ1) is 12.9. The topological polar surface area (TPSA) is 71.6 Å². The highest BCUT2D eigenvalue weighted by molar-refractivity contribution is 5.94. The van der Waals surface area contributed by atoms with Crippen LogP contribution >= 0.6 is 0 Å². The number of morpholine rings is 1. The molecule has 0 bridgehead atoms. The van der Waals surface area contributed by atoms with E-state index < -0.39 is 0 Å². The van der Waals surface area contributed by atoms with Crippen molar-refractivity contribution < 1.29 is 9.47 Å². The number of nitrogen functional groups attached to an aromatic ring is 1. The lowest BCUT2D eigenvalue weighted by molar-refractivity contribution is -0.0403. The third-order valence-corrected chi connectivity index (χ3v) is 2.94. The fraction of sp³-hybridized carbons (Fsp3) is 0.462. The molecule has 1 fully saturated rings. The predicted molar refractivity (Wildman–Crippen MR) is 70.2 cm³/mol. The number of nitrogens with one attached hydrogen (secondary N) is 1. The van der Waals surface area contributed by atoms with Crippen LogP contribution in [0.5, 0.6) is 5.75 Å². The molecule has 0 spiro atoms. The summed E-state index contributed by atoms with van der Waals surface area (Å²) in [6.07, 6.45) is 0.122. The third-order valence-electron chi connectivity index (χ3n) is 2.94. The molecule has 18 heavy (non-hydrogen) atoms. The Kier molecular flexibility index (Phi) is 4.17. The molecule has 1 aromatic carbocycles. The largest absolute Gasteiger partial charge is 0.491 e. The number of nitrogens with two attached hydrogens (primary N) is 1. The number of hydrogen-bond acceptors (Lipinski definition) is 4. The quantitative estimate of drug-likeness (QED) is 0.608. The molecule has 1 unspecified atom stereocenters. The van der Waals surface area contributed by atoms with Crippen molar-refractivity contribution in [3.63, 3.8) is 0 Å². The maximum Gasteiger partial charge on any atom is 0.122 e. The Morgan fingerprint density at radius 3 is 2.83 bits per heavy atom. The standard InChI is InChI=1S/C13H19N3O2/c1-16-6-7-17-12(8-16)9-18-11-4-2-10(3-5-11)13(14)15/h2-5,12H,6-9H2,1H3,(H3,14,15). The van der Waals surface area contributed by atoms with Crippen LogP contribution in [-0.4, -0.2) is 50.2 Å². The smallest absolute Gasteiger partial charge is 0.122 e. The zero-order valence-electron chi connectivity index (χ0n) is 10.6. The van der Waals surface area contributed by atoms with Crippen molar-refractivity contribution in [2.45, 2.75) is 6.10 Å². The maximum atomic E-state index is 7.30. The summed E-state index contributed by atoms with van der Waals surface area (Å²) in [6.45, 7) is 3.17. The molecule has 5 nitrogen and oxygen atoms in total. The van der Waals surface area contributed by atoms with Crippen molar-refractivity contribution in [2.75, 3.05) is 33.4 Å². The van der Waals surface area contributed by atoms with Gasteiger partial charge in [-0.05, 0) is 31.3 Å². The zero-order chi connectivity index (χ0) is 13.0. The van der Waals surface area contributed by atoms with Gasteiger partial charge in [-0.1, -0.05) is 0 Å². The molecule has 1 heterocycles. The number of rotatable bonds is 4. The van der Waals surface area contributed by atoms with Gasteiger partial charge in [0.2, 0.25) is 0 Å². The normalized spacial score (nSPS) is 20.6. The summed E-state index contributed by atoms with van der Waals surface area (Å²) in [5.74, 6) is 0.843. The van der Waals surface area contributed by atoms with Crippen molar-refractivity contribution in [2.24, 2.45) is 5.73 Å². The Hall–Kier alpha value is -1.59. The summed E-state index contributed by atoms with van der Waals surface area (Å²) in [7, 11) is 2.08. The van der Waals surface area contributed by atoms with E-state index in [0.717, 1.165) is 25.4 Å². The lowest BCUT2D eigenvalue weighted by atomic mass is 10.2.